The molecule has 1 atom stereocenters. The number of halogens is 2. The van der Waals surface area contributed by atoms with Crippen LogP contribution in [0, 0.1) is 0 Å². The van der Waals surface area contributed by atoms with Gasteiger partial charge in [0.05, 0.1) is 12.7 Å². The molecule has 178 valence electrons. The molecule has 6 heteroatoms. The average Bonchev–Trinajstić information content (AvgIpc) is 2.79. The highest BCUT2D eigenvalue weighted by Crippen LogP contribution is 2.44. The maximum atomic E-state index is 11.8. The van der Waals surface area contributed by atoms with Crippen molar-refractivity contribution >= 4 is 24.8 Å². The maximum Gasteiger partial charge on any atom is 0.123 e. The lowest BCUT2D eigenvalue weighted by molar-refractivity contribution is -0.0342. The second-order valence-electron chi connectivity index (χ2n) is 9.14. The SMILES string of the molecule is COc1cc(-c2ccccc2)ccc1C(CN1CCN(C)CC1)C1(O)CCCCC1.Cl.Cl. The predicted molar refractivity (Wildman–Crippen MR) is 138 cm³/mol. The Morgan fingerprint density at radius 2 is 1.56 bits per heavy atom. The van der Waals surface area contributed by atoms with Crippen molar-refractivity contribution in [3.8, 4) is 16.9 Å². The van der Waals surface area contributed by atoms with Crippen LogP contribution in [0.25, 0.3) is 11.1 Å². The first-order chi connectivity index (χ1) is 14.6. The molecule has 0 bridgehead atoms. The molecular formula is C26H38Cl2N2O2. The van der Waals surface area contributed by atoms with Crippen molar-refractivity contribution in [3.05, 3.63) is 54.1 Å². The van der Waals surface area contributed by atoms with Crippen molar-refractivity contribution in [2.75, 3.05) is 46.9 Å². The molecule has 1 unspecified atom stereocenters. The zero-order valence-corrected chi connectivity index (χ0v) is 21.0. The Bertz CT molecular complexity index is 820. The number of nitrogens with zero attached hydrogens (tertiary/aromatic N) is 2. The second kappa shape index (κ2) is 12.2. The van der Waals surface area contributed by atoms with Gasteiger partial charge in [0.15, 0.2) is 0 Å². The molecule has 0 radical (unpaired) electrons. The molecule has 1 N–H and O–H groups in total. The van der Waals surface area contributed by atoms with Crippen molar-refractivity contribution in [1.82, 2.24) is 9.80 Å². The lowest BCUT2D eigenvalue weighted by Gasteiger charge is -2.43. The minimum absolute atomic E-state index is 0. The number of rotatable bonds is 6. The monoisotopic (exact) mass is 480 g/mol. The Morgan fingerprint density at radius 1 is 0.906 bits per heavy atom. The van der Waals surface area contributed by atoms with Gasteiger partial charge in [-0.1, -0.05) is 61.7 Å². The fraction of sp³-hybridized carbons (Fsp3) is 0.538. The molecule has 2 fully saturated rings. The van der Waals surface area contributed by atoms with Crippen LogP contribution in [0.3, 0.4) is 0 Å². The average molecular weight is 482 g/mol. The van der Waals surface area contributed by atoms with Gasteiger partial charge < -0.3 is 19.6 Å². The molecule has 4 rings (SSSR count). The molecule has 0 aromatic heterocycles. The highest BCUT2D eigenvalue weighted by Gasteiger charge is 2.41. The first-order valence-corrected chi connectivity index (χ1v) is 11.5. The number of hydrogen-bond donors (Lipinski definition) is 1. The van der Waals surface area contributed by atoms with E-state index in [1.165, 1.54) is 12.0 Å². The van der Waals surface area contributed by atoms with Crippen molar-refractivity contribution < 1.29 is 9.84 Å². The van der Waals surface area contributed by atoms with Crippen LogP contribution in [0.15, 0.2) is 48.5 Å². The topological polar surface area (TPSA) is 35.9 Å². The van der Waals surface area contributed by atoms with Crippen LogP contribution in [0.1, 0.15) is 43.6 Å². The Balaban J connectivity index is 0.00000181. The van der Waals surface area contributed by atoms with Gasteiger partial charge in [0, 0.05) is 44.2 Å². The van der Waals surface area contributed by atoms with Gasteiger partial charge in [-0.15, -0.1) is 24.8 Å². The summed E-state index contributed by atoms with van der Waals surface area (Å²) in [5.41, 5.74) is 2.85. The number of benzene rings is 2. The fourth-order valence-electron chi connectivity index (χ4n) is 5.17. The number of aliphatic hydroxyl groups is 1. The van der Waals surface area contributed by atoms with Gasteiger partial charge in [0.25, 0.3) is 0 Å². The van der Waals surface area contributed by atoms with E-state index in [0.717, 1.165) is 75.3 Å². The Morgan fingerprint density at radius 3 is 2.19 bits per heavy atom. The lowest BCUT2D eigenvalue weighted by atomic mass is 9.72. The van der Waals surface area contributed by atoms with E-state index in [0.29, 0.717) is 0 Å². The molecule has 2 aromatic carbocycles. The van der Waals surface area contributed by atoms with Crippen molar-refractivity contribution in [1.29, 1.82) is 0 Å². The summed E-state index contributed by atoms with van der Waals surface area (Å²) in [5, 5.41) is 11.8. The summed E-state index contributed by atoms with van der Waals surface area (Å²) in [7, 11) is 3.94. The summed E-state index contributed by atoms with van der Waals surface area (Å²) in [6.07, 6.45) is 5.22. The van der Waals surface area contributed by atoms with Gasteiger partial charge in [0.1, 0.15) is 5.75 Å². The quantitative estimate of drug-likeness (QED) is 0.613. The Hall–Kier alpha value is -1.30. The van der Waals surface area contributed by atoms with E-state index in [9.17, 15) is 5.11 Å². The molecule has 0 amide bonds. The summed E-state index contributed by atoms with van der Waals surface area (Å²) in [6.45, 7) is 5.21. The van der Waals surface area contributed by atoms with Crippen molar-refractivity contribution in [2.45, 2.75) is 43.6 Å². The van der Waals surface area contributed by atoms with Gasteiger partial charge in [-0.25, -0.2) is 0 Å². The van der Waals surface area contributed by atoms with E-state index >= 15 is 0 Å². The minimum atomic E-state index is -0.650. The van der Waals surface area contributed by atoms with Crippen LogP contribution in [0.5, 0.6) is 5.75 Å². The van der Waals surface area contributed by atoms with E-state index in [1.807, 2.05) is 6.07 Å². The van der Waals surface area contributed by atoms with E-state index in [2.05, 4.69) is 59.3 Å². The summed E-state index contributed by atoms with van der Waals surface area (Å²) >= 11 is 0. The summed E-state index contributed by atoms with van der Waals surface area (Å²) in [4.78, 5) is 4.91. The largest absolute Gasteiger partial charge is 0.496 e. The predicted octanol–water partition coefficient (Wildman–Crippen LogP) is 5.23. The number of ether oxygens (including phenoxy) is 1. The van der Waals surface area contributed by atoms with Gasteiger partial charge in [0.2, 0.25) is 0 Å². The highest BCUT2D eigenvalue weighted by atomic mass is 35.5. The van der Waals surface area contributed by atoms with Gasteiger partial charge in [-0.3, -0.25) is 0 Å². The summed E-state index contributed by atoms with van der Waals surface area (Å²) in [6, 6.07) is 17.0. The smallest absolute Gasteiger partial charge is 0.123 e. The second-order valence-corrected chi connectivity index (χ2v) is 9.14. The maximum absolute atomic E-state index is 11.8. The van der Waals surface area contributed by atoms with Crippen molar-refractivity contribution in [2.24, 2.45) is 0 Å². The molecule has 2 aromatic rings. The van der Waals surface area contributed by atoms with E-state index in [4.69, 9.17) is 4.74 Å². The van der Waals surface area contributed by atoms with Crippen LogP contribution in [0.2, 0.25) is 0 Å². The van der Waals surface area contributed by atoms with Gasteiger partial charge in [-0.2, -0.15) is 0 Å². The first-order valence-electron chi connectivity index (χ1n) is 11.5. The molecule has 4 nitrogen and oxygen atoms in total. The van der Waals surface area contributed by atoms with E-state index in [1.54, 1.807) is 7.11 Å². The van der Waals surface area contributed by atoms with Crippen LogP contribution < -0.4 is 4.74 Å². The molecule has 1 aliphatic heterocycles. The zero-order valence-electron chi connectivity index (χ0n) is 19.3. The molecule has 1 saturated heterocycles. The Labute approximate surface area is 205 Å². The number of piperazine rings is 1. The summed E-state index contributed by atoms with van der Waals surface area (Å²) < 4.78 is 5.89. The van der Waals surface area contributed by atoms with Crippen LogP contribution in [-0.4, -0.2) is 67.4 Å². The number of hydrogen-bond acceptors (Lipinski definition) is 4. The molecule has 1 heterocycles. The number of methoxy groups -OCH3 is 1. The standard InChI is InChI=1S/C26H36N2O2.2ClH/c1-27-15-17-28(18-16-27)20-24(26(29)13-7-4-8-14-26)23-12-11-22(19-25(23)30-2)21-9-5-3-6-10-21;;/h3,5-6,9-12,19,24,29H,4,7-8,13-18,20H2,1-2H3;2*1H. The van der Waals surface area contributed by atoms with E-state index < -0.39 is 5.60 Å². The van der Waals surface area contributed by atoms with Crippen LogP contribution >= 0.6 is 24.8 Å². The van der Waals surface area contributed by atoms with Gasteiger partial charge in [-0.05, 0) is 37.1 Å². The van der Waals surface area contributed by atoms with Gasteiger partial charge >= 0.3 is 0 Å². The normalized spacial score (nSPS) is 20.0. The van der Waals surface area contributed by atoms with E-state index in [-0.39, 0.29) is 30.7 Å². The molecule has 1 saturated carbocycles. The third-order valence-corrected chi connectivity index (χ3v) is 7.12. The van der Waals surface area contributed by atoms with Crippen molar-refractivity contribution in [3.63, 3.8) is 0 Å². The van der Waals surface area contributed by atoms with Crippen LogP contribution in [0.4, 0.5) is 0 Å². The summed E-state index contributed by atoms with van der Waals surface area (Å²) in [5.74, 6) is 0.968. The van der Waals surface area contributed by atoms with Crippen LogP contribution in [-0.2, 0) is 0 Å². The molecule has 0 spiro atoms. The fourth-order valence-corrected chi connectivity index (χ4v) is 5.17. The molecule has 1 aliphatic carbocycles. The minimum Gasteiger partial charge on any atom is -0.496 e. The lowest BCUT2D eigenvalue weighted by Crippen LogP contribution is -2.50. The zero-order chi connectivity index (χ0) is 21.0. The molecule has 2 aliphatic rings. The Kier molecular flexibility index (Phi) is 10.3. The molecule has 32 heavy (non-hydrogen) atoms. The third kappa shape index (κ3) is 6.18. The first kappa shape index (κ1) is 26.9. The highest BCUT2D eigenvalue weighted by molar-refractivity contribution is 5.85. The number of likely N-dealkylation sites (N-methyl/N-ethyl adjacent to an activating group) is 1. The molecular weight excluding hydrogens is 443 g/mol. The third-order valence-electron chi connectivity index (χ3n) is 7.12.